The van der Waals surface area contributed by atoms with E-state index in [9.17, 15) is 33.6 Å². The van der Waals surface area contributed by atoms with Gasteiger partial charge in [0.05, 0.1) is 24.9 Å². The number of carbonyl (C=O) groups is 7. The van der Waals surface area contributed by atoms with Crippen LogP contribution in [0, 0.1) is 5.92 Å². The molecule has 1 fully saturated rings. The Balaban J connectivity index is 1.56. The smallest absolute Gasteiger partial charge is 0.255 e. The average Bonchev–Trinajstić information content (AvgIpc) is 3.46. The van der Waals surface area contributed by atoms with Crippen LogP contribution in [0.3, 0.4) is 0 Å². The van der Waals surface area contributed by atoms with Crippen LogP contribution in [0.15, 0.2) is 48.5 Å². The quantitative estimate of drug-likeness (QED) is 0.216. The number of fused-ring (bicyclic) bond motifs is 1. The number of nitrogens with zero attached hydrogens (tertiary/aromatic N) is 1. The highest BCUT2D eigenvalue weighted by Gasteiger charge is 2.32. The first-order valence-electron chi connectivity index (χ1n) is 16.2. The molecule has 0 aliphatic carbocycles. The van der Waals surface area contributed by atoms with Crippen LogP contribution < -0.4 is 37.1 Å². The van der Waals surface area contributed by atoms with Gasteiger partial charge in [0.25, 0.3) is 5.91 Å². The Labute approximate surface area is 284 Å². The predicted octanol–water partition coefficient (Wildman–Crippen LogP) is -0.376. The van der Waals surface area contributed by atoms with Gasteiger partial charge in [-0.3, -0.25) is 33.6 Å². The second kappa shape index (κ2) is 17.1. The third-order valence-electron chi connectivity index (χ3n) is 8.11. The fraction of sp³-hybridized carbons (Fsp3) is 0.441. The molecule has 0 saturated carbocycles. The van der Waals surface area contributed by atoms with Crippen molar-refractivity contribution < 1.29 is 38.3 Å². The first-order chi connectivity index (χ1) is 23.4. The van der Waals surface area contributed by atoms with Gasteiger partial charge in [0.2, 0.25) is 35.4 Å². The molecule has 0 unspecified atom stereocenters. The van der Waals surface area contributed by atoms with Gasteiger partial charge in [0, 0.05) is 26.1 Å². The van der Waals surface area contributed by atoms with Crippen molar-refractivity contribution in [3.63, 3.8) is 0 Å². The third-order valence-corrected chi connectivity index (χ3v) is 8.11. The van der Waals surface area contributed by atoms with Crippen LogP contribution in [-0.4, -0.2) is 84.1 Å². The molecule has 7 N–H and O–H groups in total. The molecule has 0 spiro atoms. The number of carbonyl (C=O) groups excluding carboxylic acids is 7. The Bertz CT molecular complexity index is 1580. The first kappa shape index (κ1) is 36.4. The zero-order valence-corrected chi connectivity index (χ0v) is 27.6. The van der Waals surface area contributed by atoms with E-state index in [1.165, 1.54) is 6.07 Å². The molecule has 7 amide bonds. The van der Waals surface area contributed by atoms with E-state index < -0.39 is 66.4 Å². The summed E-state index contributed by atoms with van der Waals surface area (Å²) in [6.07, 6.45) is 0.160. The van der Waals surface area contributed by atoms with Crippen molar-refractivity contribution >= 4 is 41.4 Å². The molecule has 15 nitrogen and oxygen atoms in total. The molecular formula is C34H43N7O8. The molecule has 0 bridgehead atoms. The molecule has 15 heteroatoms. The Morgan fingerprint density at radius 2 is 1.73 bits per heavy atom. The van der Waals surface area contributed by atoms with E-state index in [-0.39, 0.29) is 42.8 Å². The topological polar surface area (TPSA) is 218 Å². The van der Waals surface area contributed by atoms with Gasteiger partial charge in [-0.15, -0.1) is 0 Å². The molecule has 4 rings (SSSR count). The molecular weight excluding hydrogens is 634 g/mol. The third kappa shape index (κ3) is 10.5. The van der Waals surface area contributed by atoms with Crippen molar-refractivity contribution in [1.29, 1.82) is 0 Å². The lowest BCUT2D eigenvalue weighted by Gasteiger charge is -2.25. The van der Waals surface area contributed by atoms with Gasteiger partial charge in [0.1, 0.15) is 30.5 Å². The van der Waals surface area contributed by atoms with Crippen LogP contribution in [0.4, 0.5) is 0 Å². The summed E-state index contributed by atoms with van der Waals surface area (Å²) < 4.78 is 5.78. The monoisotopic (exact) mass is 677 g/mol. The number of nitrogens with one attached hydrogen (secondary N) is 5. The lowest BCUT2D eigenvalue weighted by Crippen LogP contribution is -2.57. The number of rotatable bonds is 8. The van der Waals surface area contributed by atoms with Crippen LogP contribution in [0.5, 0.6) is 5.75 Å². The fourth-order valence-corrected chi connectivity index (χ4v) is 5.55. The fourth-order valence-electron chi connectivity index (χ4n) is 5.55. The number of ether oxygens (including phenoxy) is 1. The molecule has 2 aromatic carbocycles. The summed E-state index contributed by atoms with van der Waals surface area (Å²) >= 11 is 0. The lowest BCUT2D eigenvalue weighted by atomic mass is 10.0. The maximum Gasteiger partial charge on any atom is 0.255 e. The average molecular weight is 678 g/mol. The van der Waals surface area contributed by atoms with Gasteiger partial charge >= 0.3 is 0 Å². The summed E-state index contributed by atoms with van der Waals surface area (Å²) in [5, 5.41) is 13.0. The standard InChI is InChI=1S/C34H43N7O8/c1-20(2)30-34(48)36-12-14-49-26-10-4-3-9-23(26)31(45)39-25(17-28(43)38-24(16-27(35)42)33(47)40-30)32(46)37-18-21-7-5-8-22(15-21)19-41-13-6-11-29(41)44/h3-5,7-10,15,20,24-25,30H,6,11-14,16-19H2,1-2H3,(H2,35,42)(H,36,48)(H,37,46)(H,38,43)(H,39,45)(H,40,47)/t24-,25-,30+/m0/s1. The van der Waals surface area contributed by atoms with Crippen molar-refractivity contribution in [2.24, 2.45) is 11.7 Å². The van der Waals surface area contributed by atoms with E-state index in [4.69, 9.17) is 10.5 Å². The van der Waals surface area contributed by atoms with Crippen LogP contribution in [0.25, 0.3) is 0 Å². The van der Waals surface area contributed by atoms with E-state index >= 15 is 0 Å². The van der Waals surface area contributed by atoms with Crippen molar-refractivity contribution in [3.05, 3.63) is 65.2 Å². The SMILES string of the molecule is CC(C)[C@H]1NC(=O)[C@H](CC(N)=O)NC(=O)C[C@@H](C(=O)NCc2cccc(CN3CCCC3=O)c2)NC(=O)c2ccccc2OCCNC1=O. The minimum Gasteiger partial charge on any atom is -0.491 e. The molecule has 262 valence electrons. The molecule has 2 heterocycles. The lowest BCUT2D eigenvalue weighted by molar-refractivity contribution is -0.134. The Hall–Kier alpha value is -5.47. The van der Waals surface area contributed by atoms with Crippen LogP contribution >= 0.6 is 0 Å². The molecule has 2 aromatic rings. The first-order valence-corrected chi connectivity index (χ1v) is 16.2. The van der Waals surface area contributed by atoms with Gasteiger partial charge in [-0.25, -0.2) is 0 Å². The molecule has 49 heavy (non-hydrogen) atoms. The Kier molecular flexibility index (Phi) is 12.7. The second-order valence-electron chi connectivity index (χ2n) is 12.3. The van der Waals surface area contributed by atoms with Crippen molar-refractivity contribution in [2.75, 3.05) is 19.7 Å². The predicted molar refractivity (Wildman–Crippen MR) is 176 cm³/mol. The minimum absolute atomic E-state index is 0.0198. The van der Waals surface area contributed by atoms with E-state index in [0.717, 1.165) is 17.5 Å². The number of benzene rings is 2. The van der Waals surface area contributed by atoms with Crippen LogP contribution in [-0.2, 0) is 41.9 Å². The number of likely N-dealkylation sites (tertiary alicyclic amines) is 1. The summed E-state index contributed by atoms with van der Waals surface area (Å²) in [5.41, 5.74) is 7.07. The minimum atomic E-state index is -1.46. The second-order valence-corrected chi connectivity index (χ2v) is 12.3. The van der Waals surface area contributed by atoms with E-state index in [1.54, 1.807) is 43.0 Å². The number of amides is 7. The summed E-state index contributed by atoms with van der Waals surface area (Å²) in [6, 6.07) is 9.79. The molecule has 2 aliphatic rings. The van der Waals surface area contributed by atoms with Crippen molar-refractivity contribution in [3.8, 4) is 5.75 Å². The van der Waals surface area contributed by atoms with Gasteiger partial charge in [-0.05, 0) is 35.6 Å². The highest BCUT2D eigenvalue weighted by atomic mass is 16.5. The largest absolute Gasteiger partial charge is 0.491 e. The van der Waals surface area contributed by atoms with Crippen molar-refractivity contribution in [1.82, 2.24) is 31.5 Å². The number of para-hydroxylation sites is 1. The molecule has 1 saturated heterocycles. The number of primary amides is 1. The molecule has 0 aromatic heterocycles. The highest BCUT2D eigenvalue weighted by Crippen LogP contribution is 2.19. The number of nitrogens with two attached hydrogens (primary N) is 1. The van der Waals surface area contributed by atoms with Gasteiger partial charge < -0.3 is 42.0 Å². The normalized spacial score (nSPS) is 21.0. The van der Waals surface area contributed by atoms with E-state index in [0.29, 0.717) is 19.5 Å². The van der Waals surface area contributed by atoms with E-state index in [1.807, 2.05) is 18.2 Å². The van der Waals surface area contributed by atoms with Gasteiger partial charge in [-0.1, -0.05) is 50.2 Å². The van der Waals surface area contributed by atoms with Crippen LogP contribution in [0.2, 0.25) is 0 Å². The van der Waals surface area contributed by atoms with Gasteiger partial charge in [-0.2, -0.15) is 0 Å². The van der Waals surface area contributed by atoms with Gasteiger partial charge in [0.15, 0.2) is 0 Å². The van der Waals surface area contributed by atoms with Crippen LogP contribution in [0.1, 0.15) is 61.0 Å². The summed E-state index contributed by atoms with van der Waals surface area (Å²) in [5.74, 6) is -4.54. The maximum absolute atomic E-state index is 13.6. The number of hydrogen-bond acceptors (Lipinski definition) is 8. The zero-order chi connectivity index (χ0) is 35.5. The Morgan fingerprint density at radius 1 is 0.980 bits per heavy atom. The molecule has 0 radical (unpaired) electrons. The summed E-state index contributed by atoms with van der Waals surface area (Å²) in [4.78, 5) is 92.2. The summed E-state index contributed by atoms with van der Waals surface area (Å²) in [6.45, 7) is 4.64. The summed E-state index contributed by atoms with van der Waals surface area (Å²) in [7, 11) is 0. The zero-order valence-electron chi connectivity index (χ0n) is 27.6. The highest BCUT2D eigenvalue weighted by molar-refractivity contribution is 6.01. The van der Waals surface area contributed by atoms with E-state index in [2.05, 4.69) is 26.6 Å². The maximum atomic E-state index is 13.6. The number of hydrogen-bond donors (Lipinski definition) is 6. The Morgan fingerprint density at radius 3 is 2.45 bits per heavy atom. The molecule has 3 atom stereocenters. The molecule has 2 aliphatic heterocycles. The van der Waals surface area contributed by atoms with Crippen molar-refractivity contribution in [2.45, 2.75) is 70.7 Å².